The van der Waals surface area contributed by atoms with E-state index in [-0.39, 0.29) is 13.0 Å². The average Bonchev–Trinajstić information content (AvgIpc) is 2.38. The van der Waals surface area contributed by atoms with Crippen molar-refractivity contribution in [2.24, 2.45) is 0 Å². The molecule has 5 nitrogen and oxygen atoms in total. The average molecular weight is 299 g/mol. The minimum absolute atomic E-state index is 0.142. The molecule has 1 saturated heterocycles. The van der Waals surface area contributed by atoms with E-state index in [9.17, 15) is 23.5 Å². The number of halogens is 2. The molecule has 0 radical (unpaired) electrons. The number of hydrogen-bond donors (Lipinski definition) is 2. The number of aryl methyl sites for hydroxylation is 1. The van der Waals surface area contributed by atoms with Gasteiger partial charge < -0.3 is 15.2 Å². The maximum atomic E-state index is 13.8. The van der Waals surface area contributed by atoms with Crippen molar-refractivity contribution in [1.29, 1.82) is 0 Å². The lowest BCUT2D eigenvalue weighted by molar-refractivity contribution is -0.150. The van der Waals surface area contributed by atoms with Gasteiger partial charge in [0.15, 0.2) is 5.54 Å². The van der Waals surface area contributed by atoms with E-state index in [2.05, 4.69) is 5.32 Å². The smallest absolute Gasteiger partial charge is 0.331 e. The van der Waals surface area contributed by atoms with Gasteiger partial charge in [0, 0.05) is 6.61 Å². The highest BCUT2D eigenvalue weighted by Gasteiger charge is 2.43. The summed E-state index contributed by atoms with van der Waals surface area (Å²) in [5.74, 6) is -4.44. The first-order valence-corrected chi connectivity index (χ1v) is 6.45. The molecule has 114 valence electrons. The predicted octanol–water partition coefficient (Wildman–Crippen LogP) is 1.64. The van der Waals surface area contributed by atoms with Gasteiger partial charge in [0.1, 0.15) is 17.2 Å². The van der Waals surface area contributed by atoms with Crippen molar-refractivity contribution in [3.8, 4) is 0 Å². The maximum absolute atomic E-state index is 13.8. The lowest BCUT2D eigenvalue weighted by Gasteiger charge is -2.33. The lowest BCUT2D eigenvalue weighted by atomic mass is 9.92. The molecule has 1 fully saturated rings. The largest absolute Gasteiger partial charge is 0.479 e. The summed E-state index contributed by atoms with van der Waals surface area (Å²) < 4.78 is 32.6. The zero-order valence-electron chi connectivity index (χ0n) is 11.4. The number of benzene rings is 1. The zero-order valence-corrected chi connectivity index (χ0v) is 11.4. The Bertz CT molecular complexity index is 559. The monoisotopic (exact) mass is 299 g/mol. The molecule has 1 unspecified atom stereocenters. The second kappa shape index (κ2) is 5.77. The number of carboxylic acids is 1. The summed E-state index contributed by atoms with van der Waals surface area (Å²) in [6.45, 7) is 1.64. The third-order valence-corrected chi connectivity index (χ3v) is 3.42. The molecular formula is C14H15F2NO4. The van der Waals surface area contributed by atoms with Crippen LogP contribution in [0.3, 0.4) is 0 Å². The van der Waals surface area contributed by atoms with Crippen LogP contribution in [0.25, 0.3) is 0 Å². The number of carboxylic acid groups (broad SMARTS) is 1. The summed E-state index contributed by atoms with van der Waals surface area (Å²) in [5, 5.41) is 11.5. The fourth-order valence-corrected chi connectivity index (χ4v) is 2.31. The molecule has 0 saturated carbocycles. The molecule has 1 aromatic rings. The van der Waals surface area contributed by atoms with E-state index in [1.807, 2.05) is 0 Å². The number of amides is 1. The number of nitrogens with one attached hydrogen (secondary N) is 1. The highest BCUT2D eigenvalue weighted by molar-refractivity contribution is 5.98. The van der Waals surface area contributed by atoms with Gasteiger partial charge in [0.05, 0.1) is 6.61 Å². The molecule has 0 bridgehead atoms. The van der Waals surface area contributed by atoms with Gasteiger partial charge in [-0.05, 0) is 37.5 Å². The first kappa shape index (κ1) is 15.4. The Hall–Kier alpha value is -2.02. The van der Waals surface area contributed by atoms with Gasteiger partial charge in [-0.25, -0.2) is 13.6 Å². The fraction of sp³-hybridized carbons (Fsp3) is 0.429. The number of carbonyl (C=O) groups is 2. The first-order chi connectivity index (χ1) is 9.85. The van der Waals surface area contributed by atoms with E-state index in [0.717, 1.165) is 12.1 Å². The quantitative estimate of drug-likeness (QED) is 0.889. The molecule has 0 aromatic heterocycles. The van der Waals surface area contributed by atoms with Gasteiger partial charge in [0.25, 0.3) is 5.91 Å². The van der Waals surface area contributed by atoms with E-state index < -0.39 is 34.6 Å². The Kier molecular flexibility index (Phi) is 4.22. The van der Waals surface area contributed by atoms with E-state index in [4.69, 9.17) is 4.74 Å². The van der Waals surface area contributed by atoms with Gasteiger partial charge in [-0.3, -0.25) is 4.79 Å². The SMILES string of the molecule is Cc1cc(F)c(C(=O)NC2(C(=O)O)CCCOC2)c(F)c1. The van der Waals surface area contributed by atoms with E-state index in [1.165, 1.54) is 6.92 Å². The van der Waals surface area contributed by atoms with Crippen molar-refractivity contribution >= 4 is 11.9 Å². The Morgan fingerprint density at radius 2 is 1.95 bits per heavy atom. The zero-order chi connectivity index (χ0) is 15.6. The highest BCUT2D eigenvalue weighted by Crippen LogP contribution is 2.22. The van der Waals surface area contributed by atoms with Gasteiger partial charge in [0.2, 0.25) is 0 Å². The molecule has 1 atom stereocenters. The predicted molar refractivity (Wildman–Crippen MR) is 69.0 cm³/mol. The van der Waals surface area contributed by atoms with Crippen molar-refractivity contribution < 1.29 is 28.2 Å². The third-order valence-electron chi connectivity index (χ3n) is 3.42. The van der Waals surface area contributed by atoms with Crippen LogP contribution in [0.2, 0.25) is 0 Å². The van der Waals surface area contributed by atoms with Crippen LogP contribution in [0.4, 0.5) is 8.78 Å². The molecule has 0 spiro atoms. The van der Waals surface area contributed by atoms with Crippen LogP contribution >= 0.6 is 0 Å². The molecule has 1 aliphatic heterocycles. The number of ether oxygens (including phenoxy) is 1. The molecule has 21 heavy (non-hydrogen) atoms. The minimum atomic E-state index is -1.65. The summed E-state index contributed by atoms with van der Waals surface area (Å²) >= 11 is 0. The molecule has 1 aliphatic rings. The van der Waals surface area contributed by atoms with Crippen LogP contribution in [0, 0.1) is 18.6 Å². The van der Waals surface area contributed by atoms with Gasteiger partial charge in [-0.1, -0.05) is 0 Å². The van der Waals surface area contributed by atoms with Crippen molar-refractivity contribution in [2.45, 2.75) is 25.3 Å². The number of carbonyl (C=O) groups excluding carboxylic acids is 1. The van der Waals surface area contributed by atoms with E-state index >= 15 is 0 Å². The second-order valence-corrected chi connectivity index (χ2v) is 5.10. The van der Waals surface area contributed by atoms with Crippen LogP contribution < -0.4 is 5.32 Å². The minimum Gasteiger partial charge on any atom is -0.479 e. The van der Waals surface area contributed by atoms with Crippen LogP contribution in [0.5, 0.6) is 0 Å². The van der Waals surface area contributed by atoms with Crippen molar-refractivity contribution in [2.75, 3.05) is 13.2 Å². The van der Waals surface area contributed by atoms with Crippen molar-refractivity contribution in [3.05, 3.63) is 34.9 Å². The summed E-state index contributed by atoms with van der Waals surface area (Å²) in [6.07, 6.45) is 0.578. The van der Waals surface area contributed by atoms with Gasteiger partial charge >= 0.3 is 5.97 Å². The van der Waals surface area contributed by atoms with Crippen molar-refractivity contribution in [1.82, 2.24) is 5.32 Å². The number of rotatable bonds is 3. The molecule has 7 heteroatoms. The normalized spacial score (nSPS) is 21.9. The molecule has 2 rings (SSSR count). The lowest BCUT2D eigenvalue weighted by Crippen LogP contribution is -2.59. The first-order valence-electron chi connectivity index (χ1n) is 6.45. The topological polar surface area (TPSA) is 75.6 Å². The molecule has 1 amide bonds. The van der Waals surface area contributed by atoms with E-state index in [0.29, 0.717) is 18.6 Å². The van der Waals surface area contributed by atoms with Crippen LogP contribution in [0.15, 0.2) is 12.1 Å². The summed E-state index contributed by atoms with van der Waals surface area (Å²) in [6, 6.07) is 2.03. The van der Waals surface area contributed by atoms with Gasteiger partial charge in [-0.15, -0.1) is 0 Å². The van der Waals surface area contributed by atoms with Gasteiger partial charge in [-0.2, -0.15) is 0 Å². The summed E-state index contributed by atoms with van der Waals surface area (Å²) in [7, 11) is 0. The number of hydrogen-bond acceptors (Lipinski definition) is 3. The highest BCUT2D eigenvalue weighted by atomic mass is 19.1. The second-order valence-electron chi connectivity index (χ2n) is 5.10. The molecule has 1 aromatic carbocycles. The van der Waals surface area contributed by atoms with Crippen LogP contribution in [0.1, 0.15) is 28.8 Å². The molecule has 2 N–H and O–H groups in total. The van der Waals surface area contributed by atoms with Crippen LogP contribution in [-0.4, -0.2) is 35.7 Å². The Morgan fingerprint density at radius 1 is 1.33 bits per heavy atom. The van der Waals surface area contributed by atoms with Crippen molar-refractivity contribution in [3.63, 3.8) is 0 Å². The standard InChI is InChI=1S/C14H15F2NO4/c1-8-5-9(15)11(10(16)6-8)12(18)17-14(13(19)20)3-2-4-21-7-14/h5-6H,2-4,7H2,1H3,(H,17,18)(H,19,20). The third kappa shape index (κ3) is 3.02. The Morgan fingerprint density at radius 3 is 2.43 bits per heavy atom. The summed E-state index contributed by atoms with van der Waals surface area (Å²) in [4.78, 5) is 23.5. The summed E-state index contributed by atoms with van der Waals surface area (Å²) in [5.41, 5.74) is -2.11. The molecule has 1 heterocycles. The maximum Gasteiger partial charge on any atom is 0.331 e. The van der Waals surface area contributed by atoms with Crippen LogP contribution in [-0.2, 0) is 9.53 Å². The Labute approximate surface area is 119 Å². The number of aliphatic carboxylic acids is 1. The Balaban J connectivity index is 2.30. The molecular weight excluding hydrogens is 284 g/mol. The van der Waals surface area contributed by atoms with E-state index in [1.54, 1.807) is 0 Å². The molecule has 0 aliphatic carbocycles. The fourth-order valence-electron chi connectivity index (χ4n) is 2.31.